The Balaban J connectivity index is 1.36. The van der Waals surface area contributed by atoms with Crippen LogP contribution in [0, 0.1) is 0 Å². The topological polar surface area (TPSA) is 62.3 Å². The Morgan fingerprint density at radius 3 is 2.59 bits per heavy atom. The average Bonchev–Trinajstić information content (AvgIpc) is 3.43. The number of ether oxygens (including phenoxy) is 2. The minimum Gasteiger partial charge on any atom is -0.486 e. The summed E-state index contributed by atoms with van der Waals surface area (Å²) in [6.45, 7) is 1.18. The van der Waals surface area contributed by atoms with Crippen molar-refractivity contribution in [2.24, 2.45) is 0 Å². The van der Waals surface area contributed by atoms with Gasteiger partial charge in [0.15, 0.2) is 22.4 Å². The molecule has 1 aliphatic heterocycles. The van der Waals surface area contributed by atoms with E-state index < -0.39 is 0 Å². The minimum absolute atomic E-state index is 0.0520. The van der Waals surface area contributed by atoms with Crippen LogP contribution in [0.1, 0.15) is 5.56 Å². The zero-order valence-corrected chi connectivity index (χ0v) is 16.4. The molecule has 146 valence electrons. The van der Waals surface area contributed by atoms with Gasteiger partial charge in [0, 0.05) is 5.75 Å². The van der Waals surface area contributed by atoms with Gasteiger partial charge >= 0.3 is 0 Å². The van der Waals surface area contributed by atoms with Crippen LogP contribution in [0.4, 0.5) is 0 Å². The predicted octanol–water partition coefficient (Wildman–Crippen LogP) is 4.52. The maximum absolute atomic E-state index is 6.07. The molecule has 0 spiro atoms. The fraction of sp³-hybridized carbons (Fsp3) is 0.182. The summed E-state index contributed by atoms with van der Waals surface area (Å²) < 4.78 is 19.5. The van der Waals surface area contributed by atoms with Crippen molar-refractivity contribution in [1.29, 1.82) is 0 Å². The smallest absolute Gasteiger partial charge is 0.200 e. The Hall–Kier alpha value is -3.19. The molecule has 2 aromatic heterocycles. The van der Waals surface area contributed by atoms with Crippen LogP contribution in [0.25, 0.3) is 11.6 Å². The number of hydrogen-bond acceptors (Lipinski definition) is 6. The second kappa shape index (κ2) is 8.05. The van der Waals surface area contributed by atoms with Crippen molar-refractivity contribution in [3.05, 3.63) is 78.6 Å². The van der Waals surface area contributed by atoms with Crippen LogP contribution < -0.4 is 9.47 Å². The Labute approximate surface area is 172 Å². The van der Waals surface area contributed by atoms with Gasteiger partial charge in [0.2, 0.25) is 5.82 Å². The number of para-hydroxylation sites is 2. The highest BCUT2D eigenvalue weighted by Gasteiger charge is 2.23. The van der Waals surface area contributed by atoms with Crippen molar-refractivity contribution >= 4 is 11.8 Å². The van der Waals surface area contributed by atoms with Gasteiger partial charge in [-0.2, -0.15) is 0 Å². The van der Waals surface area contributed by atoms with Crippen LogP contribution in [-0.4, -0.2) is 33.2 Å². The summed E-state index contributed by atoms with van der Waals surface area (Å²) in [6.07, 6.45) is 1.60. The summed E-state index contributed by atoms with van der Waals surface area (Å²) in [5.74, 6) is 3.70. The Kier molecular flexibility index (Phi) is 4.96. The predicted molar refractivity (Wildman–Crippen MR) is 110 cm³/mol. The second-order valence-corrected chi connectivity index (χ2v) is 7.65. The SMILES string of the molecule is c1ccc(Cn2c(SCC3COc4ccccc4O3)nnc2-c2ccco2)cc1. The third-order valence-electron chi connectivity index (χ3n) is 4.61. The van der Waals surface area contributed by atoms with Crippen molar-refractivity contribution in [1.82, 2.24) is 14.8 Å². The maximum Gasteiger partial charge on any atom is 0.200 e. The largest absolute Gasteiger partial charge is 0.486 e. The number of furan rings is 1. The van der Waals surface area contributed by atoms with Gasteiger partial charge in [-0.3, -0.25) is 4.57 Å². The van der Waals surface area contributed by atoms with Crippen LogP contribution in [0.15, 0.2) is 82.6 Å². The van der Waals surface area contributed by atoms with Crippen LogP contribution in [0.2, 0.25) is 0 Å². The van der Waals surface area contributed by atoms with Crippen LogP contribution in [0.5, 0.6) is 11.5 Å². The lowest BCUT2D eigenvalue weighted by atomic mass is 10.2. The Morgan fingerprint density at radius 1 is 0.931 bits per heavy atom. The van der Waals surface area contributed by atoms with E-state index in [2.05, 4.69) is 26.9 Å². The first-order chi connectivity index (χ1) is 14.4. The van der Waals surface area contributed by atoms with Gasteiger partial charge in [-0.05, 0) is 29.8 Å². The molecule has 7 heteroatoms. The third kappa shape index (κ3) is 3.86. The van der Waals surface area contributed by atoms with E-state index in [1.54, 1.807) is 18.0 Å². The summed E-state index contributed by atoms with van der Waals surface area (Å²) >= 11 is 1.61. The zero-order chi connectivity index (χ0) is 19.5. The van der Waals surface area contributed by atoms with E-state index in [9.17, 15) is 0 Å². The maximum atomic E-state index is 6.07. The molecule has 4 aromatic rings. The molecule has 1 aliphatic rings. The van der Waals surface area contributed by atoms with Crippen molar-refractivity contribution in [3.8, 4) is 23.1 Å². The minimum atomic E-state index is -0.0520. The highest BCUT2D eigenvalue weighted by molar-refractivity contribution is 7.99. The standard InChI is InChI=1S/C22H19N3O3S/c1-2-7-16(8-3-1)13-25-21(20-11-6-12-26-20)23-24-22(25)29-15-17-14-27-18-9-4-5-10-19(18)28-17/h1-12,17H,13-15H2. The van der Waals surface area contributed by atoms with E-state index in [0.29, 0.717) is 30.5 Å². The number of fused-ring (bicyclic) bond motifs is 1. The van der Waals surface area contributed by atoms with E-state index >= 15 is 0 Å². The van der Waals surface area contributed by atoms with Crippen LogP contribution >= 0.6 is 11.8 Å². The summed E-state index contributed by atoms with van der Waals surface area (Å²) in [7, 11) is 0. The van der Waals surface area contributed by atoms with E-state index in [1.165, 1.54) is 5.56 Å². The molecule has 1 unspecified atom stereocenters. The number of benzene rings is 2. The monoisotopic (exact) mass is 405 g/mol. The number of hydrogen-bond donors (Lipinski definition) is 0. The molecule has 3 heterocycles. The molecule has 0 N–H and O–H groups in total. The highest BCUT2D eigenvalue weighted by Crippen LogP contribution is 2.33. The normalized spacial score (nSPS) is 15.4. The van der Waals surface area contributed by atoms with Crippen molar-refractivity contribution in [3.63, 3.8) is 0 Å². The molecular formula is C22H19N3O3S. The number of nitrogens with zero attached hydrogens (tertiary/aromatic N) is 3. The highest BCUT2D eigenvalue weighted by atomic mass is 32.2. The van der Waals surface area contributed by atoms with Gasteiger partial charge in [0.05, 0.1) is 12.8 Å². The van der Waals surface area contributed by atoms with E-state index in [-0.39, 0.29) is 6.10 Å². The van der Waals surface area contributed by atoms with Crippen LogP contribution in [0.3, 0.4) is 0 Å². The fourth-order valence-corrected chi connectivity index (χ4v) is 4.11. The number of rotatable bonds is 6. The van der Waals surface area contributed by atoms with Gasteiger partial charge in [-0.15, -0.1) is 10.2 Å². The number of thioether (sulfide) groups is 1. The fourth-order valence-electron chi connectivity index (χ4n) is 3.20. The molecule has 0 radical (unpaired) electrons. The molecule has 0 fully saturated rings. The first kappa shape index (κ1) is 17.9. The molecule has 6 nitrogen and oxygen atoms in total. The summed E-state index contributed by atoms with van der Waals surface area (Å²) in [6, 6.07) is 21.8. The lowest BCUT2D eigenvalue weighted by Crippen LogP contribution is -2.31. The van der Waals surface area contributed by atoms with Gasteiger partial charge in [0.25, 0.3) is 0 Å². The Bertz CT molecular complexity index is 1080. The third-order valence-corrected chi connectivity index (χ3v) is 5.71. The lowest BCUT2D eigenvalue weighted by molar-refractivity contribution is 0.107. The van der Waals surface area contributed by atoms with E-state index in [1.807, 2.05) is 54.6 Å². The van der Waals surface area contributed by atoms with Gasteiger partial charge < -0.3 is 13.9 Å². The molecule has 0 amide bonds. The van der Waals surface area contributed by atoms with E-state index in [0.717, 1.165) is 16.7 Å². The molecule has 0 saturated carbocycles. The summed E-state index contributed by atoms with van der Waals surface area (Å²) in [4.78, 5) is 0. The van der Waals surface area contributed by atoms with Gasteiger partial charge in [-0.25, -0.2) is 0 Å². The lowest BCUT2D eigenvalue weighted by Gasteiger charge is -2.26. The zero-order valence-electron chi connectivity index (χ0n) is 15.6. The average molecular weight is 405 g/mol. The second-order valence-electron chi connectivity index (χ2n) is 6.66. The molecule has 29 heavy (non-hydrogen) atoms. The van der Waals surface area contributed by atoms with E-state index in [4.69, 9.17) is 13.9 Å². The quantitative estimate of drug-likeness (QED) is 0.440. The van der Waals surface area contributed by atoms with Crippen molar-refractivity contribution < 1.29 is 13.9 Å². The van der Waals surface area contributed by atoms with Crippen LogP contribution in [-0.2, 0) is 6.54 Å². The van der Waals surface area contributed by atoms with Gasteiger partial charge in [-0.1, -0.05) is 54.2 Å². The first-order valence-corrected chi connectivity index (χ1v) is 10.4. The molecule has 1 atom stereocenters. The first-order valence-electron chi connectivity index (χ1n) is 9.39. The molecule has 0 aliphatic carbocycles. The van der Waals surface area contributed by atoms with Gasteiger partial charge in [0.1, 0.15) is 12.7 Å². The molecule has 0 saturated heterocycles. The van der Waals surface area contributed by atoms with Crippen molar-refractivity contribution in [2.45, 2.75) is 17.8 Å². The van der Waals surface area contributed by atoms with Crippen molar-refractivity contribution in [2.75, 3.05) is 12.4 Å². The molecule has 0 bridgehead atoms. The summed E-state index contributed by atoms with van der Waals surface area (Å²) in [5, 5.41) is 9.62. The summed E-state index contributed by atoms with van der Waals surface area (Å²) in [5.41, 5.74) is 1.17. The molecular weight excluding hydrogens is 386 g/mol. The Morgan fingerprint density at radius 2 is 1.76 bits per heavy atom. The number of aromatic nitrogens is 3. The molecule has 5 rings (SSSR count). The molecule has 2 aromatic carbocycles.